The van der Waals surface area contributed by atoms with E-state index in [-0.39, 0.29) is 11.8 Å². The number of hydrogen-bond acceptors (Lipinski definition) is 2. The van der Waals surface area contributed by atoms with Crippen molar-refractivity contribution in [3.05, 3.63) is 25.3 Å². The Morgan fingerprint density at radius 2 is 1.83 bits per heavy atom. The van der Waals surface area contributed by atoms with Crippen LogP contribution < -0.4 is 5.73 Å². The van der Waals surface area contributed by atoms with Crippen molar-refractivity contribution in [2.75, 3.05) is 0 Å². The first kappa shape index (κ1) is 11.4. The van der Waals surface area contributed by atoms with Crippen molar-refractivity contribution < 1.29 is 4.74 Å². The van der Waals surface area contributed by atoms with Gasteiger partial charge >= 0.3 is 0 Å². The highest BCUT2D eigenvalue weighted by atomic mass is 16.5. The van der Waals surface area contributed by atoms with Gasteiger partial charge in [-0.1, -0.05) is 12.2 Å². The van der Waals surface area contributed by atoms with Crippen molar-refractivity contribution in [2.24, 2.45) is 5.73 Å². The van der Waals surface area contributed by atoms with E-state index in [1.807, 2.05) is 26.0 Å². The molecule has 2 nitrogen and oxygen atoms in total. The van der Waals surface area contributed by atoms with Gasteiger partial charge in [0.15, 0.2) is 0 Å². The van der Waals surface area contributed by atoms with Crippen LogP contribution in [-0.2, 0) is 4.74 Å². The maximum Gasteiger partial charge on any atom is 0.103 e. The van der Waals surface area contributed by atoms with Crippen LogP contribution in [0, 0.1) is 0 Å². The van der Waals surface area contributed by atoms with Crippen LogP contribution in [-0.4, -0.2) is 11.8 Å². The fourth-order valence-corrected chi connectivity index (χ4v) is 1.24. The Morgan fingerprint density at radius 1 is 1.42 bits per heavy atom. The summed E-state index contributed by atoms with van der Waals surface area (Å²) in [7, 11) is 0. The predicted octanol–water partition coefficient (Wildman–Crippen LogP) is 2.22. The van der Waals surface area contributed by atoms with E-state index in [4.69, 9.17) is 10.5 Å². The van der Waals surface area contributed by atoms with Crippen LogP contribution in [0.2, 0.25) is 0 Å². The summed E-state index contributed by atoms with van der Waals surface area (Å²) >= 11 is 0. The highest BCUT2D eigenvalue weighted by molar-refractivity contribution is 4.90. The largest absolute Gasteiger partial charge is 0.357 e. The summed E-state index contributed by atoms with van der Waals surface area (Å²) in [5, 5.41) is 0. The minimum absolute atomic E-state index is 0.238. The summed E-state index contributed by atoms with van der Waals surface area (Å²) in [6.07, 6.45) is 5.02. The molecule has 0 rings (SSSR count). The zero-order chi connectivity index (χ0) is 9.61. The zero-order valence-electron chi connectivity index (χ0n) is 8.05. The molecule has 0 bridgehead atoms. The Kier molecular flexibility index (Phi) is 4.86. The molecule has 0 amide bonds. The van der Waals surface area contributed by atoms with E-state index < -0.39 is 0 Å². The van der Waals surface area contributed by atoms with Gasteiger partial charge in [0.05, 0.1) is 5.60 Å². The molecule has 0 heterocycles. The first-order valence-electron chi connectivity index (χ1n) is 4.19. The third-order valence-corrected chi connectivity index (χ3v) is 1.62. The van der Waals surface area contributed by atoms with E-state index >= 15 is 0 Å². The van der Waals surface area contributed by atoms with Gasteiger partial charge in [-0.05, 0) is 26.7 Å². The van der Waals surface area contributed by atoms with E-state index in [0.29, 0.717) is 0 Å². The minimum atomic E-state index is -0.241. The molecule has 70 valence electrons. The quantitative estimate of drug-likeness (QED) is 0.489. The monoisotopic (exact) mass is 169 g/mol. The second-order valence-corrected chi connectivity index (χ2v) is 3.26. The molecule has 1 unspecified atom stereocenters. The lowest BCUT2D eigenvalue weighted by Crippen LogP contribution is -2.35. The molecule has 0 aromatic heterocycles. The number of rotatable bonds is 6. The first-order valence-corrected chi connectivity index (χ1v) is 4.19. The Labute approximate surface area is 75.1 Å². The second kappa shape index (κ2) is 5.12. The SMILES string of the molecule is C=CCC(C)(CC=C)OC(C)N. The summed E-state index contributed by atoms with van der Waals surface area (Å²) in [5.74, 6) is 0. The summed E-state index contributed by atoms with van der Waals surface area (Å²) < 4.78 is 5.55. The Morgan fingerprint density at radius 3 is 2.08 bits per heavy atom. The third kappa shape index (κ3) is 4.31. The van der Waals surface area contributed by atoms with Crippen molar-refractivity contribution >= 4 is 0 Å². The maximum atomic E-state index is 5.55. The first-order chi connectivity index (χ1) is 5.54. The van der Waals surface area contributed by atoms with Crippen LogP contribution in [0.25, 0.3) is 0 Å². The van der Waals surface area contributed by atoms with Gasteiger partial charge in [0, 0.05) is 0 Å². The molecule has 0 radical (unpaired) electrons. The molecule has 12 heavy (non-hydrogen) atoms. The van der Waals surface area contributed by atoms with Gasteiger partial charge in [-0.25, -0.2) is 0 Å². The van der Waals surface area contributed by atoms with Crippen LogP contribution in [0.15, 0.2) is 25.3 Å². The van der Waals surface area contributed by atoms with Gasteiger partial charge < -0.3 is 10.5 Å². The van der Waals surface area contributed by atoms with Gasteiger partial charge in [0.25, 0.3) is 0 Å². The predicted molar refractivity (Wildman–Crippen MR) is 52.8 cm³/mol. The van der Waals surface area contributed by atoms with Gasteiger partial charge in [-0.15, -0.1) is 13.2 Å². The number of ether oxygens (including phenoxy) is 1. The molecule has 2 heteroatoms. The Bertz CT molecular complexity index is 142. The van der Waals surface area contributed by atoms with E-state index in [1.54, 1.807) is 0 Å². The smallest absolute Gasteiger partial charge is 0.103 e. The molecular formula is C10H19NO. The van der Waals surface area contributed by atoms with Crippen molar-refractivity contribution in [3.8, 4) is 0 Å². The van der Waals surface area contributed by atoms with Crippen LogP contribution in [0.5, 0.6) is 0 Å². The molecule has 0 aromatic carbocycles. The highest BCUT2D eigenvalue weighted by Crippen LogP contribution is 2.21. The van der Waals surface area contributed by atoms with Crippen LogP contribution in [0.4, 0.5) is 0 Å². The lowest BCUT2D eigenvalue weighted by atomic mass is 9.98. The number of hydrogen-bond donors (Lipinski definition) is 1. The van der Waals surface area contributed by atoms with Crippen molar-refractivity contribution in [3.63, 3.8) is 0 Å². The van der Waals surface area contributed by atoms with Crippen molar-refractivity contribution in [1.82, 2.24) is 0 Å². The van der Waals surface area contributed by atoms with Gasteiger partial charge in [0.1, 0.15) is 6.23 Å². The van der Waals surface area contributed by atoms with Gasteiger partial charge in [0.2, 0.25) is 0 Å². The van der Waals surface area contributed by atoms with E-state index in [9.17, 15) is 0 Å². The molecule has 0 spiro atoms. The molecule has 0 aromatic rings. The van der Waals surface area contributed by atoms with E-state index in [1.165, 1.54) is 0 Å². The topological polar surface area (TPSA) is 35.2 Å². The lowest BCUT2D eigenvalue weighted by molar-refractivity contribution is -0.0687. The highest BCUT2D eigenvalue weighted by Gasteiger charge is 2.22. The maximum absolute atomic E-state index is 5.55. The average molecular weight is 169 g/mol. The molecule has 0 saturated heterocycles. The summed E-state index contributed by atoms with van der Waals surface area (Å²) in [4.78, 5) is 0. The molecule has 0 aliphatic heterocycles. The molecular weight excluding hydrogens is 150 g/mol. The van der Waals surface area contributed by atoms with E-state index in [2.05, 4.69) is 13.2 Å². The second-order valence-electron chi connectivity index (χ2n) is 3.26. The molecule has 0 saturated carbocycles. The summed E-state index contributed by atoms with van der Waals surface area (Å²) in [6.45, 7) is 11.2. The normalized spacial score (nSPS) is 13.9. The average Bonchev–Trinajstić information content (AvgIpc) is 1.85. The van der Waals surface area contributed by atoms with Gasteiger partial charge in [-0.3, -0.25) is 0 Å². The van der Waals surface area contributed by atoms with Crippen LogP contribution in [0.3, 0.4) is 0 Å². The molecule has 0 fully saturated rings. The fraction of sp³-hybridized carbons (Fsp3) is 0.600. The van der Waals surface area contributed by atoms with Crippen molar-refractivity contribution in [1.29, 1.82) is 0 Å². The minimum Gasteiger partial charge on any atom is -0.357 e. The summed E-state index contributed by atoms with van der Waals surface area (Å²) in [5.41, 5.74) is 5.31. The van der Waals surface area contributed by atoms with Gasteiger partial charge in [-0.2, -0.15) is 0 Å². The lowest BCUT2D eigenvalue weighted by Gasteiger charge is -2.29. The Hall–Kier alpha value is -0.600. The molecule has 1 atom stereocenters. The summed E-state index contributed by atoms with van der Waals surface area (Å²) in [6, 6.07) is 0. The van der Waals surface area contributed by atoms with Crippen LogP contribution in [0.1, 0.15) is 26.7 Å². The Balaban J connectivity index is 4.15. The van der Waals surface area contributed by atoms with Crippen LogP contribution >= 0.6 is 0 Å². The standard InChI is InChI=1S/C10H19NO/c1-5-7-10(4,8-6-2)12-9(3)11/h5-6,9H,1-2,7-8,11H2,3-4H3. The van der Waals surface area contributed by atoms with Crippen molar-refractivity contribution in [2.45, 2.75) is 38.5 Å². The molecule has 0 aliphatic rings. The third-order valence-electron chi connectivity index (χ3n) is 1.62. The molecule has 2 N–H and O–H groups in total. The number of nitrogens with two attached hydrogens (primary N) is 1. The molecule has 0 aliphatic carbocycles. The fourth-order valence-electron chi connectivity index (χ4n) is 1.24. The van der Waals surface area contributed by atoms with E-state index in [0.717, 1.165) is 12.8 Å². The zero-order valence-corrected chi connectivity index (χ0v) is 8.05.